The lowest BCUT2D eigenvalue weighted by molar-refractivity contribution is 0.0922. The monoisotopic (exact) mass is 444 g/mol. The molecule has 1 fully saturated rings. The third-order valence-electron chi connectivity index (χ3n) is 6.22. The molecular weight excluding hydrogens is 416 g/mol. The molecular formula is C24H28N8O. The summed E-state index contributed by atoms with van der Waals surface area (Å²) in [5, 5.41) is 22.6. The number of amides is 1. The molecule has 9 nitrogen and oxygen atoms in total. The predicted octanol–water partition coefficient (Wildman–Crippen LogP) is 3.95. The molecule has 0 atom stereocenters. The largest absolute Gasteiger partial charge is 0.382 e. The molecule has 0 unspecified atom stereocenters. The van der Waals surface area contributed by atoms with Crippen molar-refractivity contribution in [2.45, 2.75) is 57.7 Å². The van der Waals surface area contributed by atoms with Crippen LogP contribution in [0.4, 0.5) is 5.69 Å². The molecule has 0 bridgehead atoms. The Balaban J connectivity index is 1.40. The summed E-state index contributed by atoms with van der Waals surface area (Å²) < 4.78 is 1.92. The van der Waals surface area contributed by atoms with E-state index in [2.05, 4.69) is 56.0 Å². The van der Waals surface area contributed by atoms with Crippen LogP contribution in [0.1, 0.15) is 55.9 Å². The van der Waals surface area contributed by atoms with Gasteiger partial charge in [-0.1, -0.05) is 11.3 Å². The molecule has 170 valence electrons. The smallest absolute Gasteiger partial charge is 0.255 e. The molecule has 0 saturated heterocycles. The molecule has 1 amide bonds. The molecule has 3 N–H and O–H groups in total. The van der Waals surface area contributed by atoms with Crippen LogP contribution in [0.15, 0.2) is 49.2 Å². The maximum atomic E-state index is 13.3. The molecule has 0 aliphatic heterocycles. The van der Waals surface area contributed by atoms with Crippen LogP contribution in [-0.4, -0.2) is 48.2 Å². The van der Waals surface area contributed by atoms with Gasteiger partial charge in [0.05, 0.1) is 35.2 Å². The number of fused-ring (bicyclic) bond motifs is 1. The van der Waals surface area contributed by atoms with Gasteiger partial charge in [0.25, 0.3) is 5.91 Å². The molecule has 33 heavy (non-hydrogen) atoms. The fourth-order valence-corrected chi connectivity index (χ4v) is 4.56. The number of pyridine rings is 1. The van der Waals surface area contributed by atoms with Gasteiger partial charge < -0.3 is 10.6 Å². The van der Waals surface area contributed by atoms with Crippen molar-refractivity contribution in [3.05, 3.63) is 54.7 Å². The van der Waals surface area contributed by atoms with Crippen LogP contribution in [0.3, 0.4) is 0 Å². The van der Waals surface area contributed by atoms with Crippen molar-refractivity contribution in [1.29, 1.82) is 0 Å². The summed E-state index contributed by atoms with van der Waals surface area (Å²) >= 11 is 0. The minimum Gasteiger partial charge on any atom is -0.382 e. The predicted molar refractivity (Wildman–Crippen MR) is 127 cm³/mol. The minimum atomic E-state index is -0.0922. The maximum absolute atomic E-state index is 13.3. The average Bonchev–Trinajstić information content (AvgIpc) is 3.54. The zero-order valence-corrected chi connectivity index (χ0v) is 18.8. The number of carbonyl (C=O) groups is 1. The van der Waals surface area contributed by atoms with Crippen molar-refractivity contribution in [2.75, 3.05) is 5.32 Å². The quantitative estimate of drug-likeness (QED) is 0.415. The van der Waals surface area contributed by atoms with Crippen molar-refractivity contribution in [3.63, 3.8) is 0 Å². The number of aromatic nitrogens is 6. The highest BCUT2D eigenvalue weighted by molar-refractivity contribution is 6.08. The number of aromatic amines is 1. The number of benzene rings is 1. The van der Waals surface area contributed by atoms with Crippen molar-refractivity contribution in [3.8, 4) is 11.1 Å². The van der Waals surface area contributed by atoms with E-state index in [0.29, 0.717) is 11.6 Å². The van der Waals surface area contributed by atoms with Crippen LogP contribution in [0.5, 0.6) is 0 Å². The number of hydrogen-bond donors (Lipinski definition) is 3. The van der Waals surface area contributed by atoms with E-state index < -0.39 is 0 Å². The zero-order chi connectivity index (χ0) is 22.8. The molecule has 1 saturated carbocycles. The van der Waals surface area contributed by atoms with Gasteiger partial charge >= 0.3 is 0 Å². The standard InChI is InChI=1S/C24H28N8O/c1-15(2)29-23-20-11-16(17-12-27-28-13-17)3-8-22(20)25-14-21(23)24(33)30-18-4-6-19(7-5-18)32-10-9-26-31-32/h3,8-15,18-19H,4-7H2,1-2H3,(H,25,29)(H,27,28)(H,30,33)/t18-,19-. The Morgan fingerprint density at radius 2 is 2.00 bits per heavy atom. The number of nitrogens with zero attached hydrogens (tertiary/aromatic N) is 5. The van der Waals surface area contributed by atoms with Crippen molar-refractivity contribution in [2.24, 2.45) is 0 Å². The zero-order valence-electron chi connectivity index (χ0n) is 18.8. The molecule has 9 heteroatoms. The first-order valence-electron chi connectivity index (χ1n) is 11.4. The summed E-state index contributed by atoms with van der Waals surface area (Å²) in [5.74, 6) is -0.0922. The molecule has 1 aromatic carbocycles. The number of carbonyl (C=O) groups excluding carboxylic acids is 1. The van der Waals surface area contributed by atoms with Gasteiger partial charge in [0.2, 0.25) is 0 Å². The summed E-state index contributed by atoms with van der Waals surface area (Å²) in [6.07, 6.45) is 12.7. The fraction of sp³-hybridized carbons (Fsp3) is 0.375. The second-order valence-corrected chi connectivity index (χ2v) is 8.93. The summed E-state index contributed by atoms with van der Waals surface area (Å²) in [6.45, 7) is 4.14. The highest BCUT2D eigenvalue weighted by Crippen LogP contribution is 2.32. The molecule has 3 heterocycles. The van der Waals surface area contributed by atoms with Crippen LogP contribution < -0.4 is 10.6 Å². The maximum Gasteiger partial charge on any atom is 0.255 e. The summed E-state index contributed by atoms with van der Waals surface area (Å²) in [4.78, 5) is 17.9. The Labute approximate surface area is 192 Å². The Morgan fingerprint density at radius 1 is 1.15 bits per heavy atom. The van der Waals surface area contributed by atoms with Gasteiger partial charge in [0.15, 0.2) is 0 Å². The van der Waals surface area contributed by atoms with Gasteiger partial charge in [-0.3, -0.25) is 14.9 Å². The van der Waals surface area contributed by atoms with Crippen LogP contribution >= 0.6 is 0 Å². The van der Waals surface area contributed by atoms with E-state index in [1.807, 2.05) is 29.2 Å². The number of H-pyrrole nitrogens is 1. The molecule has 0 radical (unpaired) electrons. The minimum absolute atomic E-state index is 0.0922. The average molecular weight is 445 g/mol. The van der Waals surface area contributed by atoms with Crippen molar-refractivity contribution >= 4 is 22.5 Å². The Bertz CT molecular complexity index is 1230. The highest BCUT2D eigenvalue weighted by Gasteiger charge is 2.25. The third-order valence-corrected chi connectivity index (χ3v) is 6.22. The molecule has 3 aromatic heterocycles. The molecule has 1 aliphatic rings. The van der Waals surface area contributed by atoms with Crippen LogP contribution in [0.2, 0.25) is 0 Å². The number of rotatable bonds is 6. The van der Waals surface area contributed by atoms with E-state index in [1.54, 1.807) is 18.6 Å². The van der Waals surface area contributed by atoms with Crippen molar-refractivity contribution in [1.82, 2.24) is 35.5 Å². The summed E-state index contributed by atoms with van der Waals surface area (Å²) in [6, 6.07) is 6.72. The highest BCUT2D eigenvalue weighted by atomic mass is 16.1. The van der Waals surface area contributed by atoms with Gasteiger partial charge in [0.1, 0.15) is 0 Å². The van der Waals surface area contributed by atoms with E-state index in [-0.39, 0.29) is 18.0 Å². The van der Waals surface area contributed by atoms with E-state index in [0.717, 1.165) is 53.4 Å². The lowest BCUT2D eigenvalue weighted by Gasteiger charge is -2.29. The summed E-state index contributed by atoms with van der Waals surface area (Å²) in [5.41, 5.74) is 4.24. The van der Waals surface area contributed by atoms with E-state index in [1.165, 1.54) is 0 Å². The first-order chi connectivity index (χ1) is 16.1. The first kappa shape index (κ1) is 21.1. The number of nitrogens with one attached hydrogen (secondary N) is 3. The first-order valence-corrected chi connectivity index (χ1v) is 11.4. The fourth-order valence-electron chi connectivity index (χ4n) is 4.56. The number of hydrogen-bond acceptors (Lipinski definition) is 6. The second-order valence-electron chi connectivity index (χ2n) is 8.93. The van der Waals surface area contributed by atoms with Gasteiger partial charge in [-0.25, -0.2) is 4.68 Å². The molecule has 5 rings (SSSR count). The van der Waals surface area contributed by atoms with Crippen LogP contribution in [0.25, 0.3) is 22.0 Å². The van der Waals surface area contributed by atoms with Crippen molar-refractivity contribution < 1.29 is 4.79 Å². The molecule has 0 spiro atoms. The normalized spacial score (nSPS) is 18.5. The molecule has 4 aromatic rings. The van der Waals surface area contributed by atoms with E-state index in [4.69, 9.17) is 0 Å². The van der Waals surface area contributed by atoms with Gasteiger partial charge in [-0.2, -0.15) is 5.10 Å². The SMILES string of the molecule is CC(C)Nc1c(C(=O)N[C@H]2CC[C@H](n3ccnn3)CC2)cnc2ccc(-c3cn[nH]c3)cc12. The molecule has 1 aliphatic carbocycles. The Hall–Kier alpha value is -3.75. The Kier molecular flexibility index (Phi) is 5.77. The lowest BCUT2D eigenvalue weighted by Crippen LogP contribution is -2.38. The van der Waals surface area contributed by atoms with Gasteiger partial charge in [0, 0.05) is 41.6 Å². The van der Waals surface area contributed by atoms with E-state index in [9.17, 15) is 4.79 Å². The van der Waals surface area contributed by atoms with Gasteiger partial charge in [-0.15, -0.1) is 5.10 Å². The van der Waals surface area contributed by atoms with Gasteiger partial charge in [-0.05, 0) is 57.2 Å². The van der Waals surface area contributed by atoms with Crippen LogP contribution in [-0.2, 0) is 0 Å². The topological polar surface area (TPSA) is 113 Å². The third kappa shape index (κ3) is 4.44. The number of anilines is 1. The van der Waals surface area contributed by atoms with Crippen LogP contribution in [0, 0.1) is 0 Å². The van der Waals surface area contributed by atoms with E-state index >= 15 is 0 Å². The Morgan fingerprint density at radius 3 is 2.70 bits per heavy atom. The second kappa shape index (κ2) is 9.01. The summed E-state index contributed by atoms with van der Waals surface area (Å²) in [7, 11) is 0. The lowest BCUT2D eigenvalue weighted by atomic mass is 9.91.